The first-order valence-corrected chi connectivity index (χ1v) is 5.69. The highest BCUT2D eigenvalue weighted by Crippen LogP contribution is 2.36. The lowest BCUT2D eigenvalue weighted by Gasteiger charge is -2.02. The van der Waals surface area contributed by atoms with Crippen LogP contribution in [0.15, 0.2) is 36.4 Å². The fourth-order valence-corrected chi connectivity index (χ4v) is 2.04. The van der Waals surface area contributed by atoms with Gasteiger partial charge in [0.25, 0.3) is 0 Å². The monoisotopic (exact) mass is 260 g/mol. The first kappa shape index (κ1) is 10.9. The summed E-state index contributed by atoms with van der Waals surface area (Å²) in [5.41, 5.74) is 1.75. The summed E-state index contributed by atoms with van der Waals surface area (Å²) in [6.45, 7) is 0. The van der Waals surface area contributed by atoms with Gasteiger partial charge in [0.05, 0.1) is 11.0 Å². The van der Waals surface area contributed by atoms with Gasteiger partial charge in [-0.3, -0.25) is 0 Å². The molecule has 3 aromatic rings. The number of nitrogens with zero attached hydrogens (tertiary/aromatic N) is 1. The zero-order chi connectivity index (χ0) is 12.7. The molecule has 2 aromatic carbocycles. The van der Waals surface area contributed by atoms with E-state index in [9.17, 15) is 10.2 Å². The second kappa shape index (κ2) is 3.92. The highest BCUT2D eigenvalue weighted by atomic mass is 35.5. The summed E-state index contributed by atoms with van der Waals surface area (Å²) in [5, 5.41) is 20.2. The van der Waals surface area contributed by atoms with Crippen molar-refractivity contribution in [1.82, 2.24) is 9.97 Å². The van der Waals surface area contributed by atoms with E-state index in [1.54, 1.807) is 24.3 Å². The number of halogens is 1. The summed E-state index contributed by atoms with van der Waals surface area (Å²) < 4.78 is 0. The van der Waals surface area contributed by atoms with Crippen molar-refractivity contribution in [3.63, 3.8) is 0 Å². The predicted octanol–water partition coefficient (Wildman–Crippen LogP) is 3.29. The topological polar surface area (TPSA) is 69.1 Å². The standard InChI is InChI=1S/C13H9ClN2O2/c14-7-4-5-8-9(6-7)16-13(15-8)12-10(17)2-1-3-11(12)18/h1-6,17-18H,(H,15,16). The maximum atomic E-state index is 9.78. The van der Waals surface area contributed by atoms with Gasteiger partial charge in [0, 0.05) is 5.02 Å². The van der Waals surface area contributed by atoms with Gasteiger partial charge >= 0.3 is 0 Å². The van der Waals surface area contributed by atoms with E-state index < -0.39 is 0 Å². The van der Waals surface area contributed by atoms with Crippen LogP contribution in [0.2, 0.25) is 5.02 Å². The van der Waals surface area contributed by atoms with Crippen LogP contribution in [-0.2, 0) is 0 Å². The third-order valence-corrected chi connectivity index (χ3v) is 2.94. The molecule has 0 aliphatic rings. The molecule has 90 valence electrons. The number of phenols is 2. The van der Waals surface area contributed by atoms with Crippen molar-refractivity contribution in [1.29, 1.82) is 0 Å². The highest BCUT2D eigenvalue weighted by molar-refractivity contribution is 6.31. The van der Waals surface area contributed by atoms with E-state index in [1.165, 1.54) is 12.1 Å². The van der Waals surface area contributed by atoms with E-state index in [2.05, 4.69) is 9.97 Å². The number of imidazole rings is 1. The van der Waals surface area contributed by atoms with Gasteiger partial charge in [0.2, 0.25) is 0 Å². The number of benzene rings is 2. The van der Waals surface area contributed by atoms with Crippen molar-refractivity contribution in [2.45, 2.75) is 0 Å². The zero-order valence-corrected chi connectivity index (χ0v) is 9.94. The van der Waals surface area contributed by atoms with Crippen molar-refractivity contribution < 1.29 is 10.2 Å². The molecule has 0 radical (unpaired) electrons. The van der Waals surface area contributed by atoms with Gasteiger partial charge < -0.3 is 15.2 Å². The van der Waals surface area contributed by atoms with Crippen LogP contribution in [-0.4, -0.2) is 20.2 Å². The second-order valence-corrected chi connectivity index (χ2v) is 4.35. The molecule has 0 unspecified atom stereocenters. The minimum Gasteiger partial charge on any atom is -0.507 e. The highest BCUT2D eigenvalue weighted by Gasteiger charge is 2.13. The fourth-order valence-electron chi connectivity index (χ4n) is 1.87. The van der Waals surface area contributed by atoms with Gasteiger partial charge in [0.1, 0.15) is 22.9 Å². The van der Waals surface area contributed by atoms with Gasteiger partial charge in [-0.2, -0.15) is 0 Å². The number of hydrogen-bond donors (Lipinski definition) is 3. The predicted molar refractivity (Wildman–Crippen MR) is 69.9 cm³/mol. The lowest BCUT2D eigenvalue weighted by atomic mass is 10.1. The molecule has 3 N–H and O–H groups in total. The Labute approximate surface area is 107 Å². The SMILES string of the molecule is Oc1cccc(O)c1-c1nc2ccc(Cl)cc2[nH]1. The van der Waals surface area contributed by atoms with E-state index in [-0.39, 0.29) is 17.1 Å². The Bertz CT molecular complexity index is 717. The van der Waals surface area contributed by atoms with Crippen LogP contribution in [0.5, 0.6) is 11.5 Å². The molecular formula is C13H9ClN2O2. The number of aromatic amines is 1. The third-order valence-electron chi connectivity index (χ3n) is 2.70. The normalized spacial score (nSPS) is 10.9. The maximum Gasteiger partial charge on any atom is 0.146 e. The van der Waals surface area contributed by atoms with Gasteiger partial charge in [-0.15, -0.1) is 0 Å². The Morgan fingerprint density at radius 2 is 1.78 bits per heavy atom. The first-order valence-electron chi connectivity index (χ1n) is 5.32. The van der Waals surface area contributed by atoms with Crippen molar-refractivity contribution >= 4 is 22.6 Å². The molecule has 0 amide bonds. The zero-order valence-electron chi connectivity index (χ0n) is 9.18. The Kier molecular flexibility index (Phi) is 2.38. The number of nitrogens with one attached hydrogen (secondary N) is 1. The molecule has 0 saturated heterocycles. The quantitative estimate of drug-likeness (QED) is 0.629. The Morgan fingerprint density at radius 3 is 2.50 bits per heavy atom. The van der Waals surface area contributed by atoms with Crippen LogP contribution in [0, 0.1) is 0 Å². The molecule has 0 fully saturated rings. The summed E-state index contributed by atoms with van der Waals surface area (Å²) in [7, 11) is 0. The maximum absolute atomic E-state index is 9.78. The minimum absolute atomic E-state index is 0.0276. The fraction of sp³-hybridized carbons (Fsp3) is 0. The number of aromatic nitrogens is 2. The molecular weight excluding hydrogens is 252 g/mol. The van der Waals surface area contributed by atoms with Crippen molar-refractivity contribution in [2.24, 2.45) is 0 Å². The van der Waals surface area contributed by atoms with E-state index in [0.717, 1.165) is 11.0 Å². The molecule has 1 heterocycles. The van der Waals surface area contributed by atoms with Crippen LogP contribution in [0.1, 0.15) is 0 Å². The first-order chi connectivity index (χ1) is 8.65. The van der Waals surface area contributed by atoms with Crippen LogP contribution >= 0.6 is 11.6 Å². The van der Waals surface area contributed by atoms with Gasteiger partial charge in [0.15, 0.2) is 0 Å². The summed E-state index contributed by atoms with van der Waals surface area (Å²) in [4.78, 5) is 7.33. The molecule has 0 aliphatic carbocycles. The lowest BCUT2D eigenvalue weighted by molar-refractivity contribution is 0.453. The number of phenolic OH excluding ortho intramolecular Hbond substituents is 2. The summed E-state index contributed by atoms with van der Waals surface area (Å²) in [6.07, 6.45) is 0. The molecule has 1 aromatic heterocycles. The Balaban J connectivity index is 2.26. The average Bonchev–Trinajstić information content (AvgIpc) is 2.71. The lowest BCUT2D eigenvalue weighted by Crippen LogP contribution is -1.82. The molecule has 4 nitrogen and oxygen atoms in total. The van der Waals surface area contributed by atoms with E-state index in [1.807, 2.05) is 0 Å². The van der Waals surface area contributed by atoms with Crippen molar-refractivity contribution in [3.8, 4) is 22.9 Å². The molecule has 0 spiro atoms. The molecule has 18 heavy (non-hydrogen) atoms. The van der Waals surface area contributed by atoms with E-state index >= 15 is 0 Å². The minimum atomic E-state index is -0.0276. The van der Waals surface area contributed by atoms with Crippen LogP contribution < -0.4 is 0 Å². The number of H-pyrrole nitrogens is 1. The van der Waals surface area contributed by atoms with Crippen molar-refractivity contribution in [3.05, 3.63) is 41.4 Å². The van der Waals surface area contributed by atoms with E-state index in [4.69, 9.17) is 11.6 Å². The smallest absolute Gasteiger partial charge is 0.146 e. The molecule has 0 atom stereocenters. The van der Waals surface area contributed by atoms with Crippen LogP contribution in [0.3, 0.4) is 0 Å². The Morgan fingerprint density at radius 1 is 1.06 bits per heavy atom. The Hall–Kier alpha value is -2.20. The number of hydrogen-bond acceptors (Lipinski definition) is 3. The molecule has 3 rings (SSSR count). The number of aromatic hydroxyl groups is 2. The average molecular weight is 261 g/mol. The second-order valence-electron chi connectivity index (χ2n) is 3.92. The molecule has 0 bridgehead atoms. The largest absolute Gasteiger partial charge is 0.507 e. The number of fused-ring (bicyclic) bond motifs is 1. The van der Waals surface area contributed by atoms with Crippen LogP contribution in [0.4, 0.5) is 0 Å². The van der Waals surface area contributed by atoms with Gasteiger partial charge in [-0.05, 0) is 30.3 Å². The summed E-state index contributed by atoms with van der Waals surface area (Å²) >= 11 is 5.89. The molecule has 5 heteroatoms. The van der Waals surface area contributed by atoms with Gasteiger partial charge in [-0.25, -0.2) is 4.98 Å². The van der Waals surface area contributed by atoms with E-state index in [0.29, 0.717) is 10.8 Å². The van der Waals surface area contributed by atoms with Crippen LogP contribution in [0.25, 0.3) is 22.4 Å². The molecule has 0 saturated carbocycles. The summed E-state index contributed by atoms with van der Waals surface area (Å²) in [5.74, 6) is 0.350. The third kappa shape index (κ3) is 1.67. The van der Waals surface area contributed by atoms with Gasteiger partial charge in [-0.1, -0.05) is 17.7 Å². The molecule has 0 aliphatic heterocycles. The summed E-state index contributed by atoms with van der Waals surface area (Å²) in [6, 6.07) is 9.80. The van der Waals surface area contributed by atoms with Crippen molar-refractivity contribution in [2.75, 3.05) is 0 Å². The number of rotatable bonds is 1.